The van der Waals surface area contributed by atoms with Crippen molar-refractivity contribution in [1.82, 2.24) is 9.97 Å². The van der Waals surface area contributed by atoms with Crippen LogP contribution in [-0.4, -0.2) is 46.5 Å². The molecule has 2 N–H and O–H groups in total. The van der Waals surface area contributed by atoms with E-state index in [4.69, 9.17) is 4.74 Å². The van der Waals surface area contributed by atoms with E-state index in [9.17, 15) is 23.1 Å². The molecule has 0 bridgehead atoms. The van der Waals surface area contributed by atoms with Gasteiger partial charge in [0.05, 0.1) is 36.2 Å². The van der Waals surface area contributed by atoms with Gasteiger partial charge < -0.3 is 15.2 Å². The number of carbonyl (C=O) groups is 1. The van der Waals surface area contributed by atoms with Crippen molar-refractivity contribution in [3.05, 3.63) is 71.4 Å². The van der Waals surface area contributed by atoms with E-state index in [0.29, 0.717) is 18.5 Å². The minimum absolute atomic E-state index is 0.0315. The number of halogens is 3. The van der Waals surface area contributed by atoms with Gasteiger partial charge >= 0.3 is 0 Å². The highest BCUT2D eigenvalue weighted by Crippen LogP contribution is 2.40. The molecule has 2 heterocycles. The fourth-order valence-corrected chi connectivity index (χ4v) is 4.75. The van der Waals surface area contributed by atoms with Gasteiger partial charge in [0.25, 0.3) is 5.91 Å². The predicted molar refractivity (Wildman–Crippen MR) is 133 cm³/mol. The highest BCUT2D eigenvalue weighted by atomic mass is 19.1. The molecule has 1 aromatic carbocycles. The minimum Gasteiger partial charge on any atom is -0.494 e. The molecular weight excluding hydrogens is 485 g/mol. The van der Waals surface area contributed by atoms with Gasteiger partial charge in [-0.25, -0.2) is 18.2 Å². The van der Waals surface area contributed by atoms with Gasteiger partial charge in [0, 0.05) is 18.3 Å². The van der Waals surface area contributed by atoms with Crippen molar-refractivity contribution in [1.29, 1.82) is 0 Å². The molecule has 3 aromatic rings. The number of anilines is 1. The third kappa shape index (κ3) is 5.48. The smallest absolute Gasteiger partial charge is 0.274 e. The second kappa shape index (κ2) is 11.1. The van der Waals surface area contributed by atoms with E-state index >= 15 is 0 Å². The third-order valence-corrected chi connectivity index (χ3v) is 6.58. The van der Waals surface area contributed by atoms with Crippen LogP contribution >= 0.6 is 0 Å². The van der Waals surface area contributed by atoms with Gasteiger partial charge in [0.15, 0.2) is 0 Å². The maximum atomic E-state index is 14.7. The Balaban J connectivity index is 1.63. The first-order valence-electron chi connectivity index (χ1n) is 11.9. The number of aliphatic imine (C=N–C) groups is 1. The fraction of sp³-hybridized carbons (Fsp3) is 0.333. The molecular formula is C27H27F3N4O3. The maximum absolute atomic E-state index is 14.7. The van der Waals surface area contributed by atoms with Crippen LogP contribution in [0.1, 0.15) is 48.7 Å². The van der Waals surface area contributed by atoms with E-state index in [1.807, 2.05) is 6.92 Å². The molecule has 4 unspecified atom stereocenters. The van der Waals surface area contributed by atoms with Crippen LogP contribution < -0.4 is 10.1 Å². The van der Waals surface area contributed by atoms with Crippen molar-refractivity contribution in [3.63, 3.8) is 0 Å². The molecule has 4 rings (SSSR count). The molecule has 1 saturated carbocycles. The highest BCUT2D eigenvalue weighted by molar-refractivity contribution is 6.03. The van der Waals surface area contributed by atoms with Crippen molar-refractivity contribution >= 4 is 18.3 Å². The Labute approximate surface area is 212 Å². The first-order chi connectivity index (χ1) is 17.7. The zero-order valence-corrected chi connectivity index (χ0v) is 20.4. The highest BCUT2D eigenvalue weighted by Gasteiger charge is 2.35. The van der Waals surface area contributed by atoms with E-state index in [0.717, 1.165) is 29.8 Å². The number of hydrogen-bond acceptors (Lipinski definition) is 6. The average molecular weight is 513 g/mol. The van der Waals surface area contributed by atoms with Crippen molar-refractivity contribution in [2.75, 3.05) is 11.9 Å². The van der Waals surface area contributed by atoms with Gasteiger partial charge in [-0.3, -0.25) is 14.8 Å². The van der Waals surface area contributed by atoms with E-state index < -0.39 is 40.7 Å². The van der Waals surface area contributed by atoms with E-state index in [1.165, 1.54) is 6.20 Å². The first-order valence-corrected chi connectivity index (χ1v) is 11.9. The molecule has 4 atom stereocenters. The van der Waals surface area contributed by atoms with Crippen LogP contribution in [-0.2, 0) is 0 Å². The molecule has 0 radical (unpaired) electrons. The second-order valence-corrected chi connectivity index (χ2v) is 9.03. The fourth-order valence-electron chi connectivity index (χ4n) is 4.75. The molecule has 0 saturated heterocycles. The minimum atomic E-state index is -1.07. The summed E-state index contributed by atoms with van der Waals surface area (Å²) in [5.41, 5.74) is -0.365. The number of rotatable bonds is 7. The van der Waals surface area contributed by atoms with Crippen molar-refractivity contribution in [2.45, 2.75) is 44.8 Å². The summed E-state index contributed by atoms with van der Waals surface area (Å²) >= 11 is 0. The Morgan fingerprint density at radius 3 is 2.59 bits per heavy atom. The zero-order chi connectivity index (χ0) is 26.7. The number of carbonyl (C=O) groups excluding carboxylic acids is 1. The Hall–Kier alpha value is -3.79. The molecule has 2 aromatic heterocycles. The van der Waals surface area contributed by atoms with E-state index in [2.05, 4.69) is 27.0 Å². The standard InChI is InChI=1S/C27H27F3N4O3/c1-4-37-16-11-19(29)24(20(30)12-16)25-18(28)5-6-21(33-25)27(36)34-23-13-32-8-7-17(23)15-9-14(2)26(35)22(10-15)31-3/h5-8,11-15,22,26,35H,3-4,9-10H2,1-2H3,(H,34,36). The van der Waals surface area contributed by atoms with Gasteiger partial charge in [-0.05, 0) is 62.1 Å². The molecule has 1 aliphatic rings. The van der Waals surface area contributed by atoms with Crippen LogP contribution in [0.3, 0.4) is 0 Å². The number of nitrogens with zero attached hydrogens (tertiary/aromatic N) is 3. The number of aliphatic hydroxyl groups excluding tert-OH is 1. The summed E-state index contributed by atoms with van der Waals surface area (Å²) in [5, 5.41) is 13.1. The van der Waals surface area contributed by atoms with Crippen LogP contribution in [0.5, 0.6) is 5.75 Å². The Bertz CT molecular complexity index is 1300. The van der Waals surface area contributed by atoms with Crippen LogP contribution in [0.2, 0.25) is 0 Å². The second-order valence-electron chi connectivity index (χ2n) is 9.03. The largest absolute Gasteiger partial charge is 0.494 e. The number of aliphatic hydroxyl groups is 1. The van der Waals surface area contributed by atoms with Gasteiger partial charge in [0.2, 0.25) is 0 Å². The number of amides is 1. The van der Waals surface area contributed by atoms with Gasteiger partial charge in [-0.2, -0.15) is 0 Å². The maximum Gasteiger partial charge on any atom is 0.274 e. The summed E-state index contributed by atoms with van der Waals surface area (Å²) in [6.45, 7) is 7.37. The molecule has 1 fully saturated rings. The van der Waals surface area contributed by atoms with Crippen LogP contribution in [0, 0.1) is 23.4 Å². The van der Waals surface area contributed by atoms with Crippen LogP contribution in [0.4, 0.5) is 18.9 Å². The molecule has 37 heavy (non-hydrogen) atoms. The topological polar surface area (TPSA) is 96.7 Å². The number of hydrogen-bond donors (Lipinski definition) is 2. The van der Waals surface area contributed by atoms with Crippen molar-refractivity contribution in [3.8, 4) is 17.0 Å². The molecule has 1 amide bonds. The number of pyridine rings is 2. The Kier molecular flexibility index (Phi) is 7.87. The van der Waals surface area contributed by atoms with E-state index in [1.54, 1.807) is 19.2 Å². The summed E-state index contributed by atoms with van der Waals surface area (Å²) in [4.78, 5) is 25.2. The molecule has 0 spiro atoms. The van der Waals surface area contributed by atoms with Crippen LogP contribution in [0.25, 0.3) is 11.3 Å². The zero-order valence-electron chi connectivity index (χ0n) is 20.4. The third-order valence-electron chi connectivity index (χ3n) is 6.58. The summed E-state index contributed by atoms with van der Waals surface area (Å²) in [7, 11) is 0. The van der Waals surface area contributed by atoms with Gasteiger partial charge in [0.1, 0.15) is 34.6 Å². The Morgan fingerprint density at radius 2 is 1.92 bits per heavy atom. The predicted octanol–water partition coefficient (Wildman–Crippen LogP) is 5.16. The lowest BCUT2D eigenvalue weighted by Gasteiger charge is -2.36. The van der Waals surface area contributed by atoms with Crippen molar-refractivity contribution in [2.24, 2.45) is 10.9 Å². The molecule has 10 heteroatoms. The van der Waals surface area contributed by atoms with Gasteiger partial charge in [-0.1, -0.05) is 6.92 Å². The summed E-state index contributed by atoms with van der Waals surface area (Å²) in [5.74, 6) is -3.94. The lowest BCUT2D eigenvalue weighted by atomic mass is 9.74. The molecule has 194 valence electrons. The number of ether oxygens (including phenoxy) is 1. The SMILES string of the molecule is C=NC1CC(c2ccncc2NC(=O)c2ccc(F)c(-c3c(F)cc(OCC)cc3F)n2)CC(C)C1O. The summed E-state index contributed by atoms with van der Waals surface area (Å²) in [6, 6.07) is 5.37. The summed E-state index contributed by atoms with van der Waals surface area (Å²) < 4.78 is 49.1. The summed E-state index contributed by atoms with van der Waals surface area (Å²) in [6.07, 6.45) is 3.68. The lowest BCUT2D eigenvalue weighted by Crippen LogP contribution is -2.38. The quantitative estimate of drug-likeness (QED) is 0.427. The Morgan fingerprint density at radius 1 is 1.19 bits per heavy atom. The number of nitrogens with one attached hydrogen (secondary N) is 1. The molecule has 1 aliphatic carbocycles. The number of aromatic nitrogens is 2. The molecule has 0 aliphatic heterocycles. The van der Waals surface area contributed by atoms with Gasteiger partial charge in [-0.15, -0.1) is 0 Å². The number of benzene rings is 1. The molecule has 7 nitrogen and oxygen atoms in total. The van der Waals surface area contributed by atoms with Crippen molar-refractivity contribution < 1.29 is 27.8 Å². The first kappa shape index (κ1) is 26.3. The normalized spacial score (nSPS) is 21.4. The lowest BCUT2D eigenvalue weighted by molar-refractivity contribution is 0.0533. The monoisotopic (exact) mass is 512 g/mol. The van der Waals surface area contributed by atoms with E-state index in [-0.39, 0.29) is 35.9 Å². The average Bonchev–Trinajstić information content (AvgIpc) is 2.87. The van der Waals surface area contributed by atoms with Crippen LogP contribution in [0.15, 0.2) is 47.7 Å².